The van der Waals surface area contributed by atoms with E-state index in [1.165, 1.54) is 19.3 Å². The van der Waals surface area contributed by atoms with Crippen LogP contribution in [-0.4, -0.2) is 22.6 Å². The van der Waals surface area contributed by atoms with Crippen LogP contribution >= 0.6 is 11.6 Å². The Kier molecular flexibility index (Phi) is 3.06. The quantitative estimate of drug-likeness (QED) is 0.828. The van der Waals surface area contributed by atoms with Gasteiger partial charge in [0.05, 0.1) is 5.69 Å². The Bertz CT molecular complexity index is 716. The van der Waals surface area contributed by atoms with E-state index >= 15 is 0 Å². The van der Waals surface area contributed by atoms with Crippen molar-refractivity contribution in [1.29, 1.82) is 0 Å². The molecule has 1 aliphatic heterocycles. The summed E-state index contributed by atoms with van der Waals surface area (Å²) in [6, 6.07) is 6.19. The van der Waals surface area contributed by atoms with Crippen LogP contribution < -0.4 is 15.4 Å². The number of fused-ring (bicyclic) bond motifs is 1. The van der Waals surface area contributed by atoms with Gasteiger partial charge in [0.25, 0.3) is 17.4 Å². The zero-order valence-corrected chi connectivity index (χ0v) is 11.6. The van der Waals surface area contributed by atoms with E-state index in [1.54, 1.807) is 18.2 Å². The molecular weight excluding hydrogens is 298 g/mol. The highest BCUT2D eigenvalue weighted by molar-refractivity contribution is 6.31. The molecule has 1 aromatic heterocycles. The van der Waals surface area contributed by atoms with Crippen LogP contribution in [0.4, 0.5) is 11.5 Å². The maximum absolute atomic E-state index is 12.3. The van der Waals surface area contributed by atoms with Gasteiger partial charge in [0.2, 0.25) is 0 Å². The first kappa shape index (κ1) is 13.4. The third kappa shape index (κ3) is 2.31. The summed E-state index contributed by atoms with van der Waals surface area (Å²) in [7, 11) is 0. The molecule has 1 aromatic carbocycles. The number of benzene rings is 1. The second-order valence-corrected chi connectivity index (χ2v) is 5.01. The Morgan fingerprint density at radius 1 is 1.43 bits per heavy atom. The number of hydrogen-bond donors (Lipinski definition) is 2. The van der Waals surface area contributed by atoms with E-state index in [2.05, 4.69) is 20.3 Å². The number of aromatic nitrogens is 1. The molecule has 0 fully saturated rings. The van der Waals surface area contributed by atoms with Crippen molar-refractivity contribution >= 4 is 34.9 Å². The second-order valence-electron chi connectivity index (χ2n) is 4.57. The molecule has 0 spiro atoms. The lowest BCUT2D eigenvalue weighted by atomic mass is 10.0. The number of rotatable bonds is 2. The summed E-state index contributed by atoms with van der Waals surface area (Å²) >= 11 is 5.85. The molecule has 0 radical (unpaired) electrons. The van der Waals surface area contributed by atoms with E-state index in [4.69, 9.17) is 16.3 Å². The molecule has 8 heteroatoms. The predicted octanol–water partition coefficient (Wildman–Crippen LogP) is 2.06. The summed E-state index contributed by atoms with van der Waals surface area (Å²) in [5.74, 6) is -0.705. The minimum Gasteiger partial charge on any atom is -0.466 e. The highest BCUT2D eigenvalue weighted by atomic mass is 35.5. The van der Waals surface area contributed by atoms with E-state index < -0.39 is 17.4 Å². The van der Waals surface area contributed by atoms with Gasteiger partial charge in [-0.2, -0.15) is 0 Å². The van der Waals surface area contributed by atoms with Crippen LogP contribution in [0, 0.1) is 0 Å². The summed E-state index contributed by atoms with van der Waals surface area (Å²) in [5, 5.41) is 9.05. The molecule has 2 amide bonds. The predicted molar refractivity (Wildman–Crippen MR) is 74.2 cm³/mol. The van der Waals surface area contributed by atoms with Gasteiger partial charge in [-0.15, -0.1) is 0 Å². The molecule has 2 aromatic rings. The number of carbonyl (C=O) groups excluding carboxylic acids is 2. The van der Waals surface area contributed by atoms with Gasteiger partial charge in [0, 0.05) is 11.1 Å². The number of ether oxygens (including phenoxy) is 1. The molecule has 7 nitrogen and oxygen atoms in total. The fourth-order valence-corrected chi connectivity index (χ4v) is 2.03. The average molecular weight is 308 g/mol. The molecule has 1 unspecified atom stereocenters. The van der Waals surface area contributed by atoms with Gasteiger partial charge in [-0.1, -0.05) is 16.8 Å². The lowest BCUT2D eigenvalue weighted by Crippen LogP contribution is -2.56. The fraction of sp³-hybridized carbons (Fsp3) is 0.154. The van der Waals surface area contributed by atoms with Crippen molar-refractivity contribution in [3.05, 3.63) is 35.6 Å². The Balaban J connectivity index is 1.89. The maximum Gasteiger partial charge on any atom is 0.279 e. The summed E-state index contributed by atoms with van der Waals surface area (Å²) in [6.45, 7) is 1.37. The average Bonchev–Trinajstić information content (AvgIpc) is 2.93. The zero-order valence-electron chi connectivity index (χ0n) is 10.8. The van der Waals surface area contributed by atoms with Crippen molar-refractivity contribution in [2.45, 2.75) is 12.5 Å². The summed E-state index contributed by atoms with van der Waals surface area (Å²) < 4.78 is 10.2. The van der Waals surface area contributed by atoms with Crippen molar-refractivity contribution in [3.63, 3.8) is 0 Å². The third-order valence-electron chi connectivity index (χ3n) is 3.05. The normalized spacial score (nSPS) is 20.2. The van der Waals surface area contributed by atoms with E-state index in [1.807, 2.05) is 0 Å². The van der Waals surface area contributed by atoms with Crippen LogP contribution in [0.2, 0.25) is 5.02 Å². The van der Waals surface area contributed by atoms with Gasteiger partial charge in [0.1, 0.15) is 12.0 Å². The van der Waals surface area contributed by atoms with Gasteiger partial charge < -0.3 is 19.9 Å². The number of amides is 2. The van der Waals surface area contributed by atoms with Gasteiger partial charge in [0.15, 0.2) is 5.82 Å². The molecule has 0 saturated carbocycles. The molecule has 2 heterocycles. The SMILES string of the molecule is CC1(C(=O)Nc2ccon2)Oc2ccc(Cl)cc2NC1=O. The molecule has 0 saturated heterocycles. The van der Waals surface area contributed by atoms with Crippen LogP contribution in [0.1, 0.15) is 6.92 Å². The number of nitrogens with zero attached hydrogens (tertiary/aromatic N) is 1. The van der Waals surface area contributed by atoms with Gasteiger partial charge in [-0.05, 0) is 25.1 Å². The van der Waals surface area contributed by atoms with Crippen LogP contribution in [0.15, 0.2) is 35.1 Å². The van der Waals surface area contributed by atoms with Crippen LogP contribution in [0.3, 0.4) is 0 Å². The van der Waals surface area contributed by atoms with Crippen molar-refractivity contribution in [1.82, 2.24) is 5.16 Å². The molecule has 0 bridgehead atoms. The highest BCUT2D eigenvalue weighted by Crippen LogP contribution is 2.35. The Labute approximate surface area is 124 Å². The monoisotopic (exact) mass is 307 g/mol. The number of hydrogen-bond acceptors (Lipinski definition) is 5. The molecule has 3 rings (SSSR count). The van der Waals surface area contributed by atoms with Gasteiger partial charge in [-0.25, -0.2) is 0 Å². The molecule has 0 aliphatic carbocycles. The minimum atomic E-state index is -1.72. The molecular formula is C13H10ClN3O4. The summed E-state index contributed by atoms with van der Waals surface area (Å²) in [4.78, 5) is 24.4. The lowest BCUT2D eigenvalue weighted by Gasteiger charge is -2.33. The zero-order chi connectivity index (χ0) is 15.0. The highest BCUT2D eigenvalue weighted by Gasteiger charge is 2.47. The minimum absolute atomic E-state index is 0.194. The molecule has 2 N–H and O–H groups in total. The first-order valence-electron chi connectivity index (χ1n) is 6.01. The van der Waals surface area contributed by atoms with Crippen LogP contribution in [0.25, 0.3) is 0 Å². The largest absolute Gasteiger partial charge is 0.466 e. The lowest BCUT2D eigenvalue weighted by molar-refractivity contribution is -0.143. The van der Waals surface area contributed by atoms with Crippen molar-refractivity contribution in [3.8, 4) is 5.75 Å². The van der Waals surface area contributed by atoms with E-state index in [9.17, 15) is 9.59 Å². The van der Waals surface area contributed by atoms with E-state index in [0.717, 1.165) is 0 Å². The third-order valence-corrected chi connectivity index (χ3v) is 3.28. The van der Waals surface area contributed by atoms with Crippen molar-refractivity contribution < 1.29 is 18.8 Å². The molecule has 108 valence electrons. The second kappa shape index (κ2) is 4.78. The number of carbonyl (C=O) groups is 2. The smallest absolute Gasteiger partial charge is 0.279 e. The van der Waals surface area contributed by atoms with Gasteiger partial charge >= 0.3 is 0 Å². The first-order chi connectivity index (χ1) is 9.99. The number of anilines is 2. The fourth-order valence-electron chi connectivity index (χ4n) is 1.86. The maximum atomic E-state index is 12.3. The Morgan fingerprint density at radius 2 is 2.24 bits per heavy atom. The Morgan fingerprint density at radius 3 is 2.95 bits per heavy atom. The first-order valence-corrected chi connectivity index (χ1v) is 6.39. The molecule has 21 heavy (non-hydrogen) atoms. The molecule has 1 aliphatic rings. The van der Waals surface area contributed by atoms with Crippen molar-refractivity contribution in [2.24, 2.45) is 0 Å². The Hall–Kier alpha value is -2.54. The molecule has 1 atom stereocenters. The number of halogens is 1. The van der Waals surface area contributed by atoms with Crippen LogP contribution in [-0.2, 0) is 9.59 Å². The number of nitrogens with one attached hydrogen (secondary N) is 2. The standard InChI is InChI=1S/C13H10ClN3O4/c1-13(12(19)16-10-4-5-20-17-10)11(18)15-8-6-7(14)2-3-9(8)21-13/h2-6H,1H3,(H,15,18)(H,16,17,19). The van der Waals surface area contributed by atoms with E-state index in [0.29, 0.717) is 16.5 Å². The topological polar surface area (TPSA) is 93.5 Å². The summed E-state index contributed by atoms with van der Waals surface area (Å²) in [6.07, 6.45) is 1.30. The van der Waals surface area contributed by atoms with Gasteiger partial charge in [-0.3, -0.25) is 9.59 Å². The summed E-state index contributed by atoms with van der Waals surface area (Å²) in [5.41, 5.74) is -1.31. The van der Waals surface area contributed by atoms with Crippen LogP contribution in [0.5, 0.6) is 5.75 Å². The van der Waals surface area contributed by atoms with Crippen molar-refractivity contribution in [2.75, 3.05) is 10.6 Å². The van der Waals surface area contributed by atoms with E-state index in [-0.39, 0.29) is 5.82 Å².